The highest BCUT2D eigenvalue weighted by molar-refractivity contribution is 5.94. The van der Waals surface area contributed by atoms with Crippen LogP contribution < -0.4 is 21.3 Å². The number of aromatic nitrogens is 2. The summed E-state index contributed by atoms with van der Waals surface area (Å²) in [5.74, 6) is -4.48. The Morgan fingerprint density at radius 2 is 1.59 bits per heavy atom. The molecule has 0 radical (unpaired) electrons. The van der Waals surface area contributed by atoms with Crippen LogP contribution in [0, 0.1) is 11.8 Å². The number of carboxylic acid groups (broad SMARTS) is 1. The summed E-state index contributed by atoms with van der Waals surface area (Å²) in [6, 6.07) is -5.34. The van der Waals surface area contributed by atoms with E-state index in [9.17, 15) is 49.8 Å². The van der Waals surface area contributed by atoms with Gasteiger partial charge in [0.15, 0.2) is 11.8 Å². The number of imidazole rings is 1. The lowest BCUT2D eigenvalue weighted by atomic mass is 9.97. The molecule has 9 atom stereocenters. The minimum atomic E-state index is -2.01. The maximum absolute atomic E-state index is 13.6. The molecule has 0 saturated carbocycles. The molecule has 1 aliphatic heterocycles. The fraction of sp³-hybridized carbons (Fsp3) is 0.741. The molecule has 2 heterocycles. The Bertz CT molecular complexity index is 1100. The molecule has 1 aliphatic rings. The van der Waals surface area contributed by atoms with Gasteiger partial charge in [0.25, 0.3) is 0 Å². The van der Waals surface area contributed by atoms with E-state index in [0.29, 0.717) is 5.69 Å². The quantitative estimate of drug-likeness (QED) is 0.0793. The predicted octanol–water partition coefficient (Wildman–Crippen LogP) is -3.67. The third-order valence-electron chi connectivity index (χ3n) is 7.31. The Morgan fingerprint density at radius 1 is 0.977 bits per heavy atom. The minimum Gasteiger partial charge on any atom is -0.480 e. The smallest absolute Gasteiger partial charge is 0.328 e. The van der Waals surface area contributed by atoms with Crippen LogP contribution in [0.4, 0.5) is 0 Å². The molecular weight excluding hydrogens is 584 g/mol. The average Bonchev–Trinajstić information content (AvgIpc) is 3.54. The number of amides is 3. The zero-order valence-corrected chi connectivity index (χ0v) is 25.4. The first-order valence-electron chi connectivity index (χ1n) is 14.4. The molecule has 11 N–H and O–H groups in total. The van der Waals surface area contributed by atoms with Crippen LogP contribution in [-0.2, 0) is 30.3 Å². The fourth-order valence-electron chi connectivity index (χ4n) is 4.83. The van der Waals surface area contributed by atoms with E-state index in [1.54, 1.807) is 27.7 Å². The van der Waals surface area contributed by atoms with Gasteiger partial charge < -0.3 is 56.3 Å². The van der Waals surface area contributed by atoms with E-state index in [1.807, 2.05) is 0 Å². The SMILES string of the molecule is CC(C)CC(NC(=O)C(Cc1cnc[nH]1)NC(=O)C(N[C@@]1(CO)O[C@H](CO)[C@@H](O)[C@@H]1O)C(C)C)C(=O)NC(C(=O)O)C(C)O. The van der Waals surface area contributed by atoms with Crippen molar-refractivity contribution in [2.24, 2.45) is 11.8 Å². The normalized spacial score (nSPS) is 25.2. The second-order valence-electron chi connectivity index (χ2n) is 11.8. The number of H-pyrrole nitrogens is 1. The molecule has 2 rings (SSSR count). The third kappa shape index (κ3) is 9.40. The second kappa shape index (κ2) is 16.2. The number of hydrogen-bond donors (Lipinski definition) is 11. The number of aliphatic carboxylic acids is 1. The first-order valence-corrected chi connectivity index (χ1v) is 14.4. The molecule has 1 aromatic heterocycles. The van der Waals surface area contributed by atoms with Gasteiger partial charge in [-0.15, -0.1) is 0 Å². The van der Waals surface area contributed by atoms with Gasteiger partial charge in [-0.3, -0.25) is 19.7 Å². The molecule has 3 amide bonds. The largest absolute Gasteiger partial charge is 0.480 e. The van der Waals surface area contributed by atoms with Crippen LogP contribution in [0.15, 0.2) is 12.5 Å². The summed E-state index contributed by atoms with van der Waals surface area (Å²) in [6.45, 7) is 6.54. The molecule has 250 valence electrons. The van der Waals surface area contributed by atoms with E-state index in [2.05, 4.69) is 31.2 Å². The maximum Gasteiger partial charge on any atom is 0.328 e. The zero-order valence-electron chi connectivity index (χ0n) is 25.4. The van der Waals surface area contributed by atoms with Crippen molar-refractivity contribution in [3.05, 3.63) is 18.2 Å². The van der Waals surface area contributed by atoms with Gasteiger partial charge in [-0.05, 0) is 25.2 Å². The van der Waals surface area contributed by atoms with E-state index < -0.39 is 97.1 Å². The molecule has 1 fully saturated rings. The van der Waals surface area contributed by atoms with Crippen molar-refractivity contribution in [2.45, 2.75) is 102 Å². The van der Waals surface area contributed by atoms with Gasteiger partial charge >= 0.3 is 5.97 Å². The number of rotatable bonds is 17. The molecule has 1 saturated heterocycles. The highest BCUT2D eigenvalue weighted by atomic mass is 16.6. The van der Waals surface area contributed by atoms with E-state index in [4.69, 9.17) is 4.74 Å². The standard InChI is InChI=1S/C27H46N6O11/c1-12(2)6-16(24(40)32-20(14(5)36)26(42)43)30-23(39)17(7-15-8-28-11-29-15)31-25(41)19(13(3)4)33-27(10-35)22(38)21(37)18(9-34)44-27/h8,11-14,16-22,33-38H,6-7,9-10H2,1-5H3,(H,28,29)(H,30,39)(H,31,41)(H,32,40)(H,42,43)/t14?,16?,17?,18-,19?,20?,21-,22+,27+/m1/s1. The molecule has 17 nitrogen and oxygen atoms in total. The number of carbonyl (C=O) groups is 4. The molecule has 1 aromatic rings. The van der Waals surface area contributed by atoms with Crippen molar-refractivity contribution in [2.75, 3.05) is 13.2 Å². The second-order valence-corrected chi connectivity index (χ2v) is 11.8. The molecule has 0 bridgehead atoms. The van der Waals surface area contributed by atoms with Crippen molar-refractivity contribution < 1.29 is 54.6 Å². The maximum atomic E-state index is 13.6. The van der Waals surface area contributed by atoms with Crippen molar-refractivity contribution >= 4 is 23.7 Å². The lowest BCUT2D eigenvalue weighted by Gasteiger charge is -2.36. The van der Waals surface area contributed by atoms with Crippen LogP contribution in [0.5, 0.6) is 0 Å². The van der Waals surface area contributed by atoms with Crippen LogP contribution in [0.25, 0.3) is 0 Å². The summed E-state index contributed by atoms with van der Waals surface area (Å²) in [6.07, 6.45) is -3.12. The first-order chi connectivity index (χ1) is 20.6. The number of nitrogens with one attached hydrogen (secondary N) is 5. The number of carbonyl (C=O) groups excluding carboxylic acids is 3. The number of hydrogen-bond acceptors (Lipinski definition) is 12. The zero-order chi connectivity index (χ0) is 33.4. The molecule has 5 unspecified atom stereocenters. The predicted molar refractivity (Wildman–Crippen MR) is 152 cm³/mol. The van der Waals surface area contributed by atoms with Gasteiger partial charge in [0.05, 0.1) is 31.7 Å². The highest BCUT2D eigenvalue weighted by Crippen LogP contribution is 2.30. The molecular formula is C27H46N6O11. The van der Waals surface area contributed by atoms with Gasteiger partial charge in [0.1, 0.15) is 30.4 Å². The van der Waals surface area contributed by atoms with E-state index >= 15 is 0 Å². The summed E-state index contributed by atoms with van der Waals surface area (Å²) in [7, 11) is 0. The van der Waals surface area contributed by atoms with Gasteiger partial charge in [-0.25, -0.2) is 9.78 Å². The number of ether oxygens (including phenoxy) is 1. The number of aliphatic hydroxyl groups is 5. The van der Waals surface area contributed by atoms with Crippen LogP contribution in [0.1, 0.15) is 46.7 Å². The molecule has 44 heavy (non-hydrogen) atoms. The topological polar surface area (TPSA) is 276 Å². The van der Waals surface area contributed by atoms with Crippen LogP contribution >= 0.6 is 0 Å². The van der Waals surface area contributed by atoms with Crippen molar-refractivity contribution in [3.63, 3.8) is 0 Å². The lowest BCUT2D eigenvalue weighted by molar-refractivity contribution is -0.153. The van der Waals surface area contributed by atoms with Gasteiger partial charge in [-0.2, -0.15) is 0 Å². The van der Waals surface area contributed by atoms with Crippen LogP contribution in [0.2, 0.25) is 0 Å². The molecule has 0 spiro atoms. The number of aliphatic hydroxyl groups excluding tert-OH is 5. The summed E-state index contributed by atoms with van der Waals surface area (Å²) < 4.78 is 5.53. The summed E-state index contributed by atoms with van der Waals surface area (Å²) in [5, 5.41) is 69.8. The highest BCUT2D eigenvalue weighted by Gasteiger charge is 2.55. The lowest BCUT2D eigenvalue weighted by Crippen LogP contribution is -2.66. The summed E-state index contributed by atoms with van der Waals surface area (Å²) >= 11 is 0. The molecule has 17 heteroatoms. The fourth-order valence-corrected chi connectivity index (χ4v) is 4.83. The monoisotopic (exact) mass is 630 g/mol. The Labute approximate surface area is 254 Å². The van der Waals surface area contributed by atoms with Gasteiger partial charge in [0.2, 0.25) is 17.7 Å². The van der Waals surface area contributed by atoms with Crippen molar-refractivity contribution in [1.29, 1.82) is 0 Å². The van der Waals surface area contributed by atoms with Crippen molar-refractivity contribution in [1.82, 2.24) is 31.2 Å². The summed E-state index contributed by atoms with van der Waals surface area (Å²) in [4.78, 5) is 58.5. The van der Waals surface area contributed by atoms with Crippen LogP contribution in [-0.4, -0.2) is 132 Å². The Kier molecular flexibility index (Phi) is 13.6. The molecule has 0 aromatic carbocycles. The number of aromatic amines is 1. The number of nitrogens with zero attached hydrogens (tertiary/aromatic N) is 1. The van der Waals surface area contributed by atoms with Gasteiger partial charge in [0, 0.05) is 18.3 Å². The average molecular weight is 631 g/mol. The summed E-state index contributed by atoms with van der Waals surface area (Å²) in [5.41, 5.74) is -1.55. The number of carboxylic acids is 1. The Morgan fingerprint density at radius 3 is 2.05 bits per heavy atom. The Balaban J connectivity index is 2.32. The van der Waals surface area contributed by atoms with Crippen molar-refractivity contribution in [3.8, 4) is 0 Å². The molecule has 0 aliphatic carbocycles. The van der Waals surface area contributed by atoms with E-state index in [1.165, 1.54) is 19.4 Å². The van der Waals surface area contributed by atoms with Crippen LogP contribution in [0.3, 0.4) is 0 Å². The first kappa shape index (κ1) is 37.0. The third-order valence-corrected chi connectivity index (χ3v) is 7.31. The van der Waals surface area contributed by atoms with Gasteiger partial charge in [-0.1, -0.05) is 27.7 Å². The van der Waals surface area contributed by atoms with E-state index in [0.717, 1.165) is 0 Å². The Hall–Kier alpha value is -3.19. The van der Waals surface area contributed by atoms with E-state index in [-0.39, 0.29) is 18.8 Å². The minimum absolute atomic E-state index is 0.0978.